The average Bonchev–Trinajstić information content (AvgIpc) is 2.27. The predicted molar refractivity (Wildman–Crippen MR) is 75.2 cm³/mol. The maximum absolute atomic E-state index is 10.7. The second kappa shape index (κ2) is 9.46. The quantitative estimate of drug-likeness (QED) is 0.511. The van der Waals surface area contributed by atoms with E-state index in [9.17, 15) is 9.46 Å². The van der Waals surface area contributed by atoms with Crippen LogP contribution in [0.15, 0.2) is 18.2 Å². The van der Waals surface area contributed by atoms with Gasteiger partial charge in [-0.2, -0.15) is 0 Å². The van der Waals surface area contributed by atoms with Gasteiger partial charge in [0.25, 0.3) is 0 Å². The Kier molecular flexibility index (Phi) is 10.1. The van der Waals surface area contributed by atoms with Crippen molar-refractivity contribution < 1.29 is 43.9 Å². The molecule has 1 unspecified atom stereocenters. The van der Waals surface area contributed by atoms with E-state index < -0.39 is 7.60 Å². The summed E-state index contributed by atoms with van der Waals surface area (Å²) in [7, 11) is -4.08. The van der Waals surface area contributed by atoms with Crippen LogP contribution in [0.3, 0.4) is 0 Å². The Labute approximate surface area is 165 Å². The van der Waals surface area contributed by atoms with Crippen LogP contribution in [0.2, 0.25) is 0 Å². The van der Waals surface area contributed by atoms with Gasteiger partial charge in [-0.3, -0.25) is 4.90 Å². The topological polar surface area (TPSA) is 63.6 Å². The normalized spacial score (nSPS) is 17.4. The third-order valence-electron chi connectivity index (χ3n) is 3.37. The Morgan fingerprint density at radius 3 is 2.75 bits per heavy atom. The minimum atomic E-state index is -4.08. The summed E-state index contributed by atoms with van der Waals surface area (Å²) in [6.45, 7) is 4.66. The molecule has 2 rings (SSSR count). The fraction of sp³-hybridized carbons (Fsp3) is 0.538. The molecule has 1 radical (unpaired) electrons. The van der Waals surface area contributed by atoms with Gasteiger partial charge in [-0.15, -0.1) is 0 Å². The molecule has 1 aliphatic rings. The van der Waals surface area contributed by atoms with E-state index in [2.05, 4.69) is 30.0 Å². The van der Waals surface area contributed by atoms with E-state index in [4.69, 9.17) is 4.89 Å². The van der Waals surface area contributed by atoms with Crippen molar-refractivity contribution in [1.29, 1.82) is 0 Å². The summed E-state index contributed by atoms with van der Waals surface area (Å²) in [5, 5.41) is 0. The van der Waals surface area contributed by atoms with Gasteiger partial charge in [0, 0.05) is 48.8 Å². The van der Waals surface area contributed by atoms with Crippen molar-refractivity contribution in [3.63, 3.8) is 0 Å². The van der Waals surface area contributed by atoms with Crippen LogP contribution in [-0.4, -0.2) is 58.6 Å². The molecule has 0 amide bonds. The molecule has 101 valence electrons. The number of hydrogen-bond acceptors (Lipinski definition) is 3. The zero-order valence-electron chi connectivity index (χ0n) is 12.6. The van der Waals surface area contributed by atoms with Crippen LogP contribution in [-0.2, 0) is 17.5 Å². The van der Waals surface area contributed by atoms with Crippen molar-refractivity contribution in [3.8, 4) is 0 Å². The molecule has 0 saturated carbocycles. The minimum Gasteiger partial charge on any atom is -0.779 e. The smallest absolute Gasteiger partial charge is 0.779 e. The van der Waals surface area contributed by atoms with Gasteiger partial charge in [0.2, 0.25) is 0 Å². The zero-order chi connectivity index (χ0) is 13.2. The van der Waals surface area contributed by atoms with Crippen LogP contribution in [0.25, 0.3) is 0 Å². The zero-order valence-corrected chi connectivity index (χ0v) is 17.5. The standard InChI is InChI=1S/C13H20NO3P.2Na/c1-11-3-4-13-10-14(7-5-12(13)9-11)6-2-8-18(15,16)17;;/h3-4,9H,2,5-8,10H2,1H3,(H2,15,16,17);;/q;;+1/p-1. The molecule has 1 heterocycles. The largest absolute Gasteiger partial charge is 1.00 e. The Morgan fingerprint density at radius 1 is 1.40 bits per heavy atom. The number of rotatable bonds is 4. The maximum Gasteiger partial charge on any atom is 1.00 e. The van der Waals surface area contributed by atoms with E-state index in [-0.39, 0.29) is 65.3 Å². The van der Waals surface area contributed by atoms with E-state index in [0.717, 1.165) is 26.1 Å². The molecule has 0 aromatic heterocycles. The van der Waals surface area contributed by atoms with Crippen molar-refractivity contribution in [3.05, 3.63) is 34.9 Å². The van der Waals surface area contributed by atoms with E-state index in [1.165, 1.54) is 16.7 Å². The number of fused-ring (bicyclic) bond motifs is 1. The summed E-state index contributed by atoms with van der Waals surface area (Å²) < 4.78 is 10.7. The minimum absolute atomic E-state index is 0. The second-order valence-corrected chi connectivity index (χ2v) is 6.74. The van der Waals surface area contributed by atoms with E-state index in [1.807, 2.05) is 0 Å². The van der Waals surface area contributed by atoms with Crippen molar-refractivity contribution in [2.75, 3.05) is 19.3 Å². The van der Waals surface area contributed by atoms with Crippen molar-refractivity contribution in [1.82, 2.24) is 4.90 Å². The van der Waals surface area contributed by atoms with Crippen LogP contribution in [0.4, 0.5) is 0 Å². The molecular formula is C13H19NNa2O3P. The van der Waals surface area contributed by atoms with Crippen molar-refractivity contribution >= 4 is 37.2 Å². The number of benzene rings is 1. The van der Waals surface area contributed by atoms with E-state index in [1.54, 1.807) is 0 Å². The molecule has 1 atom stereocenters. The summed E-state index contributed by atoms with van der Waals surface area (Å²) in [6.07, 6.45) is 1.40. The van der Waals surface area contributed by atoms with Gasteiger partial charge in [-0.1, -0.05) is 23.8 Å². The van der Waals surface area contributed by atoms with Crippen molar-refractivity contribution in [2.24, 2.45) is 0 Å². The number of hydrogen-bond donors (Lipinski definition) is 1. The van der Waals surface area contributed by atoms with Gasteiger partial charge in [-0.25, -0.2) is 0 Å². The molecule has 4 nitrogen and oxygen atoms in total. The Hall–Kier alpha value is 1.33. The van der Waals surface area contributed by atoms with Crippen LogP contribution >= 0.6 is 7.60 Å². The van der Waals surface area contributed by atoms with Crippen LogP contribution in [0.1, 0.15) is 23.1 Å². The van der Waals surface area contributed by atoms with Gasteiger partial charge >= 0.3 is 29.6 Å². The first-order valence-electron chi connectivity index (χ1n) is 6.28. The first-order valence-corrected chi connectivity index (χ1v) is 8.04. The van der Waals surface area contributed by atoms with Gasteiger partial charge in [0.15, 0.2) is 0 Å². The summed E-state index contributed by atoms with van der Waals surface area (Å²) in [4.78, 5) is 21.6. The second-order valence-electron chi connectivity index (χ2n) is 5.01. The summed E-state index contributed by atoms with van der Waals surface area (Å²) in [5.74, 6) is 0. The van der Waals surface area contributed by atoms with Gasteiger partial charge in [0.1, 0.15) is 7.60 Å². The molecule has 0 aliphatic carbocycles. The molecule has 0 spiro atoms. The first-order chi connectivity index (χ1) is 8.44. The molecule has 0 bridgehead atoms. The number of aryl methyl sites for hydroxylation is 1. The molecule has 0 fully saturated rings. The Morgan fingerprint density at radius 2 is 2.10 bits per heavy atom. The molecular weight excluding hydrogens is 295 g/mol. The molecule has 0 saturated heterocycles. The fourth-order valence-electron chi connectivity index (χ4n) is 2.43. The third-order valence-corrected chi connectivity index (χ3v) is 4.25. The monoisotopic (exact) mass is 314 g/mol. The first kappa shape index (κ1) is 21.3. The molecule has 1 aromatic carbocycles. The maximum atomic E-state index is 10.7. The summed E-state index contributed by atoms with van der Waals surface area (Å²) in [5.41, 5.74) is 4.03. The molecule has 1 aromatic rings. The van der Waals surface area contributed by atoms with Crippen LogP contribution in [0.5, 0.6) is 0 Å². The molecule has 20 heavy (non-hydrogen) atoms. The van der Waals surface area contributed by atoms with Crippen LogP contribution < -0.4 is 34.5 Å². The average molecular weight is 314 g/mol. The summed E-state index contributed by atoms with van der Waals surface area (Å²) in [6, 6.07) is 6.50. The van der Waals surface area contributed by atoms with Crippen molar-refractivity contribution in [2.45, 2.75) is 26.3 Å². The Bertz CT molecular complexity index is 479. The Balaban J connectivity index is 0.00000180. The molecule has 1 aliphatic heterocycles. The fourth-order valence-corrected chi connectivity index (χ4v) is 2.97. The SMILES string of the molecule is Cc1ccc2c(c1)CCN(CCCP(=O)([O-])O)C2.[Na+].[Na]. The predicted octanol–water partition coefficient (Wildman–Crippen LogP) is -2.09. The number of nitrogens with zero attached hydrogens (tertiary/aromatic N) is 1. The van der Waals surface area contributed by atoms with Gasteiger partial charge in [-0.05, 0) is 37.4 Å². The van der Waals surface area contributed by atoms with Gasteiger partial charge in [0.05, 0.1) is 0 Å². The molecule has 7 heteroatoms. The van der Waals surface area contributed by atoms with E-state index in [0.29, 0.717) is 6.42 Å². The van der Waals surface area contributed by atoms with E-state index >= 15 is 0 Å². The third kappa shape index (κ3) is 7.06. The molecule has 1 N–H and O–H groups in total. The van der Waals surface area contributed by atoms with Gasteiger partial charge < -0.3 is 14.4 Å². The van der Waals surface area contributed by atoms with Crippen LogP contribution in [0, 0.1) is 6.92 Å². The summed E-state index contributed by atoms with van der Waals surface area (Å²) >= 11 is 0.